The van der Waals surface area contributed by atoms with Crippen LogP contribution in [0.1, 0.15) is 36.3 Å². The first kappa shape index (κ1) is 13.3. The van der Waals surface area contributed by atoms with Crippen LogP contribution in [-0.4, -0.2) is 22.8 Å². The minimum Gasteiger partial charge on any atom is -0.461 e. The van der Waals surface area contributed by atoms with E-state index in [1.807, 2.05) is 12.1 Å². The smallest absolute Gasteiger partial charge is 0.356 e. The molecule has 0 unspecified atom stereocenters. The number of aromatic nitrogens is 2. The van der Waals surface area contributed by atoms with E-state index in [9.17, 15) is 4.79 Å². The Morgan fingerprint density at radius 3 is 2.63 bits per heavy atom. The third kappa shape index (κ3) is 3.22. The molecule has 4 nitrogen and oxygen atoms in total. The van der Waals surface area contributed by atoms with Gasteiger partial charge in [0.05, 0.1) is 12.3 Å². The van der Waals surface area contributed by atoms with E-state index in [2.05, 4.69) is 29.3 Å². The van der Waals surface area contributed by atoms with Gasteiger partial charge in [-0.1, -0.05) is 37.6 Å². The highest BCUT2D eigenvalue weighted by Gasteiger charge is 2.11. The van der Waals surface area contributed by atoms with Crippen LogP contribution in [0.2, 0.25) is 0 Å². The van der Waals surface area contributed by atoms with E-state index in [4.69, 9.17) is 4.74 Å². The van der Waals surface area contributed by atoms with Crippen LogP contribution in [0.15, 0.2) is 30.3 Å². The number of hydrogen-bond acceptors (Lipinski definition) is 3. The Bertz CT molecular complexity index is 544. The molecule has 1 heterocycles. The Morgan fingerprint density at radius 1 is 1.26 bits per heavy atom. The molecule has 19 heavy (non-hydrogen) atoms. The lowest BCUT2D eigenvalue weighted by Gasteiger charge is -2.00. The first-order valence-electron chi connectivity index (χ1n) is 6.56. The van der Waals surface area contributed by atoms with E-state index in [0.717, 1.165) is 24.1 Å². The average Bonchev–Trinajstić information content (AvgIpc) is 2.90. The molecule has 0 atom stereocenters. The van der Waals surface area contributed by atoms with Crippen molar-refractivity contribution in [3.05, 3.63) is 41.6 Å². The molecule has 0 saturated heterocycles. The zero-order chi connectivity index (χ0) is 13.7. The second kappa shape index (κ2) is 6.18. The Labute approximate surface area is 112 Å². The zero-order valence-corrected chi connectivity index (χ0v) is 11.3. The molecule has 0 saturated carbocycles. The van der Waals surface area contributed by atoms with Crippen molar-refractivity contribution in [2.45, 2.75) is 26.7 Å². The van der Waals surface area contributed by atoms with E-state index in [-0.39, 0.29) is 5.97 Å². The van der Waals surface area contributed by atoms with Crippen molar-refractivity contribution in [2.24, 2.45) is 0 Å². The van der Waals surface area contributed by atoms with Crippen molar-refractivity contribution in [3.63, 3.8) is 0 Å². The molecule has 0 amide bonds. The fraction of sp³-hybridized carbons (Fsp3) is 0.333. The molecule has 1 N–H and O–H groups in total. The Morgan fingerprint density at radius 2 is 2.00 bits per heavy atom. The number of esters is 1. The lowest BCUT2D eigenvalue weighted by atomic mass is 10.1. The lowest BCUT2D eigenvalue weighted by Crippen LogP contribution is -2.04. The summed E-state index contributed by atoms with van der Waals surface area (Å²) >= 11 is 0. The van der Waals surface area contributed by atoms with Gasteiger partial charge in [0.25, 0.3) is 0 Å². The van der Waals surface area contributed by atoms with Crippen LogP contribution in [0.5, 0.6) is 0 Å². The summed E-state index contributed by atoms with van der Waals surface area (Å²) in [5.74, 6) is -0.371. The van der Waals surface area contributed by atoms with E-state index in [1.165, 1.54) is 5.56 Å². The van der Waals surface area contributed by atoms with Crippen LogP contribution >= 0.6 is 0 Å². The van der Waals surface area contributed by atoms with Crippen LogP contribution in [0, 0.1) is 0 Å². The number of aryl methyl sites for hydroxylation is 1. The van der Waals surface area contributed by atoms with E-state index < -0.39 is 0 Å². The second-order valence-corrected chi connectivity index (χ2v) is 4.33. The summed E-state index contributed by atoms with van der Waals surface area (Å²) in [5, 5.41) is 6.84. The monoisotopic (exact) mass is 258 g/mol. The maximum Gasteiger partial charge on any atom is 0.356 e. The Hall–Kier alpha value is -2.10. The molecule has 0 bridgehead atoms. The fourth-order valence-corrected chi connectivity index (χ4v) is 1.91. The van der Waals surface area contributed by atoms with Crippen LogP contribution in [0.25, 0.3) is 11.3 Å². The first-order chi connectivity index (χ1) is 9.24. The van der Waals surface area contributed by atoms with Crippen molar-refractivity contribution < 1.29 is 9.53 Å². The summed E-state index contributed by atoms with van der Waals surface area (Å²) in [6, 6.07) is 9.95. The first-order valence-corrected chi connectivity index (χ1v) is 6.56. The van der Waals surface area contributed by atoms with Crippen molar-refractivity contribution in [3.8, 4) is 11.3 Å². The third-order valence-corrected chi connectivity index (χ3v) is 2.86. The normalized spacial score (nSPS) is 10.4. The average molecular weight is 258 g/mol. The van der Waals surface area contributed by atoms with Gasteiger partial charge in [0, 0.05) is 5.56 Å². The number of H-pyrrole nitrogens is 1. The molecule has 0 spiro atoms. The topological polar surface area (TPSA) is 55.0 Å². The van der Waals surface area contributed by atoms with Gasteiger partial charge >= 0.3 is 5.97 Å². The number of hydrogen-bond donors (Lipinski definition) is 1. The van der Waals surface area contributed by atoms with Gasteiger partial charge in [0.2, 0.25) is 0 Å². The standard InChI is InChI=1S/C15H18N2O2/c1-3-5-11-6-8-12(9-7-11)13-10-14(17-16-13)15(18)19-4-2/h6-10H,3-5H2,1-2H3,(H,16,17). The highest BCUT2D eigenvalue weighted by atomic mass is 16.5. The van der Waals surface area contributed by atoms with Crippen molar-refractivity contribution in [1.82, 2.24) is 10.2 Å². The number of nitrogens with zero attached hydrogens (tertiary/aromatic N) is 1. The predicted molar refractivity (Wildman–Crippen MR) is 74.0 cm³/mol. The Kier molecular flexibility index (Phi) is 4.34. The summed E-state index contributed by atoms with van der Waals surface area (Å²) in [5.41, 5.74) is 3.44. The molecular weight excluding hydrogens is 240 g/mol. The molecule has 0 aliphatic carbocycles. The minimum atomic E-state index is -0.371. The van der Waals surface area contributed by atoms with E-state index in [1.54, 1.807) is 13.0 Å². The van der Waals surface area contributed by atoms with Gasteiger partial charge in [0.1, 0.15) is 5.69 Å². The molecule has 0 radical (unpaired) electrons. The van der Waals surface area contributed by atoms with Crippen LogP contribution in [0.3, 0.4) is 0 Å². The summed E-state index contributed by atoms with van der Waals surface area (Å²) < 4.78 is 4.92. The number of aromatic amines is 1. The molecule has 1 aromatic carbocycles. The highest BCUT2D eigenvalue weighted by molar-refractivity contribution is 5.88. The number of carbonyl (C=O) groups excluding carboxylic acids is 1. The van der Waals surface area contributed by atoms with E-state index >= 15 is 0 Å². The molecule has 4 heteroatoms. The summed E-state index contributed by atoms with van der Waals surface area (Å²) in [4.78, 5) is 11.5. The van der Waals surface area contributed by atoms with Gasteiger partial charge < -0.3 is 4.74 Å². The van der Waals surface area contributed by atoms with Crippen molar-refractivity contribution >= 4 is 5.97 Å². The number of nitrogens with one attached hydrogen (secondary N) is 1. The second-order valence-electron chi connectivity index (χ2n) is 4.33. The summed E-state index contributed by atoms with van der Waals surface area (Å²) in [6.45, 7) is 4.30. The zero-order valence-electron chi connectivity index (χ0n) is 11.3. The number of rotatable bonds is 5. The third-order valence-electron chi connectivity index (χ3n) is 2.86. The SMILES string of the molecule is CCCc1ccc(-c2cc(C(=O)OCC)[nH]n2)cc1. The lowest BCUT2D eigenvalue weighted by molar-refractivity contribution is 0.0519. The Balaban J connectivity index is 2.15. The maximum atomic E-state index is 11.5. The fourth-order valence-electron chi connectivity index (χ4n) is 1.91. The molecule has 100 valence electrons. The predicted octanol–water partition coefficient (Wildman–Crippen LogP) is 3.21. The van der Waals surface area contributed by atoms with Gasteiger partial charge in [-0.15, -0.1) is 0 Å². The molecule has 2 aromatic rings. The minimum absolute atomic E-state index is 0.360. The quantitative estimate of drug-likeness (QED) is 0.838. The number of benzene rings is 1. The van der Waals surface area contributed by atoms with Crippen LogP contribution < -0.4 is 0 Å². The molecule has 0 aliphatic rings. The molecule has 0 fully saturated rings. The highest BCUT2D eigenvalue weighted by Crippen LogP contribution is 2.19. The van der Waals surface area contributed by atoms with Crippen molar-refractivity contribution in [1.29, 1.82) is 0 Å². The number of carbonyl (C=O) groups is 1. The van der Waals surface area contributed by atoms with Gasteiger partial charge in [-0.3, -0.25) is 5.10 Å². The van der Waals surface area contributed by atoms with Gasteiger partial charge in [-0.25, -0.2) is 4.79 Å². The van der Waals surface area contributed by atoms with Crippen molar-refractivity contribution in [2.75, 3.05) is 6.61 Å². The van der Waals surface area contributed by atoms with E-state index in [0.29, 0.717) is 12.3 Å². The molecule has 2 rings (SSSR count). The summed E-state index contributed by atoms with van der Waals surface area (Å²) in [7, 11) is 0. The number of ether oxygens (including phenoxy) is 1. The van der Waals surface area contributed by atoms with Crippen LogP contribution in [-0.2, 0) is 11.2 Å². The molecular formula is C15H18N2O2. The van der Waals surface area contributed by atoms with Crippen LogP contribution in [0.4, 0.5) is 0 Å². The molecule has 1 aromatic heterocycles. The van der Waals surface area contributed by atoms with Gasteiger partial charge in [-0.2, -0.15) is 5.10 Å². The van der Waals surface area contributed by atoms with Gasteiger partial charge in [0.15, 0.2) is 0 Å². The summed E-state index contributed by atoms with van der Waals surface area (Å²) in [6.07, 6.45) is 2.21. The maximum absolute atomic E-state index is 11.5. The van der Waals surface area contributed by atoms with Gasteiger partial charge in [-0.05, 0) is 25.0 Å². The largest absolute Gasteiger partial charge is 0.461 e. The molecule has 0 aliphatic heterocycles.